The van der Waals surface area contributed by atoms with Crippen LogP contribution in [-0.2, 0) is 11.2 Å². The summed E-state index contributed by atoms with van der Waals surface area (Å²) in [5, 5.41) is 3.36. The Kier molecular flexibility index (Phi) is 3.95. The summed E-state index contributed by atoms with van der Waals surface area (Å²) in [6.07, 6.45) is 6.67. The molecule has 1 N–H and O–H groups in total. The van der Waals surface area contributed by atoms with Gasteiger partial charge in [0.1, 0.15) is 6.10 Å². The third kappa shape index (κ3) is 2.97. The molecule has 1 aliphatic heterocycles. The minimum absolute atomic E-state index is 0.118. The van der Waals surface area contributed by atoms with E-state index in [0.29, 0.717) is 5.56 Å². The molecule has 0 atom stereocenters. The van der Waals surface area contributed by atoms with Crippen LogP contribution in [0.5, 0.6) is 0 Å². The molecule has 20 heavy (non-hydrogen) atoms. The lowest BCUT2D eigenvalue weighted by Gasteiger charge is -2.26. The van der Waals surface area contributed by atoms with Crippen LogP contribution in [0.2, 0.25) is 0 Å². The monoisotopic (exact) mass is 273 g/mol. The van der Waals surface area contributed by atoms with Crippen LogP contribution in [0.25, 0.3) is 0 Å². The maximum atomic E-state index is 12.2. The molecule has 0 spiro atoms. The van der Waals surface area contributed by atoms with Gasteiger partial charge in [0.15, 0.2) is 0 Å². The molecule has 2 aliphatic rings. The minimum atomic E-state index is -0.155. The van der Waals surface area contributed by atoms with Gasteiger partial charge in [0.2, 0.25) is 0 Å². The number of esters is 1. The maximum absolute atomic E-state index is 12.2. The summed E-state index contributed by atoms with van der Waals surface area (Å²) in [4.78, 5) is 12.2. The Hall–Kier alpha value is -1.51. The zero-order chi connectivity index (χ0) is 13.9. The minimum Gasteiger partial charge on any atom is -0.459 e. The molecular formula is C17H23NO2. The topological polar surface area (TPSA) is 38.3 Å². The lowest BCUT2D eigenvalue weighted by atomic mass is 9.89. The number of aryl methyl sites for hydroxylation is 1. The highest BCUT2D eigenvalue weighted by molar-refractivity contribution is 5.90. The number of anilines is 1. The van der Waals surface area contributed by atoms with Crippen molar-refractivity contribution in [2.45, 2.75) is 51.6 Å². The number of carbonyl (C=O) groups is 1. The summed E-state index contributed by atoms with van der Waals surface area (Å²) in [5.41, 5.74) is 3.10. The molecular weight excluding hydrogens is 250 g/mol. The second kappa shape index (κ2) is 5.86. The number of benzene rings is 1. The summed E-state index contributed by atoms with van der Waals surface area (Å²) in [5.74, 6) is 0.623. The SMILES string of the molecule is CC1CCC(OC(=O)c2ccc3c(c2)CCCN3)CC1. The molecule has 1 saturated carbocycles. The van der Waals surface area contributed by atoms with E-state index in [1.807, 2.05) is 18.2 Å². The standard InChI is InChI=1S/C17H23NO2/c1-12-4-7-15(8-5-12)20-17(19)14-6-9-16-13(11-14)3-2-10-18-16/h6,9,11-12,15,18H,2-5,7-8,10H2,1H3. The van der Waals surface area contributed by atoms with Gasteiger partial charge < -0.3 is 10.1 Å². The van der Waals surface area contributed by atoms with Crippen molar-refractivity contribution < 1.29 is 9.53 Å². The van der Waals surface area contributed by atoms with Crippen molar-refractivity contribution in [2.75, 3.05) is 11.9 Å². The van der Waals surface area contributed by atoms with Crippen LogP contribution in [0.4, 0.5) is 5.69 Å². The predicted octanol–water partition coefficient (Wildman–Crippen LogP) is 3.78. The maximum Gasteiger partial charge on any atom is 0.338 e. The van der Waals surface area contributed by atoms with E-state index in [1.165, 1.54) is 24.1 Å². The lowest BCUT2D eigenvalue weighted by molar-refractivity contribution is 0.0173. The van der Waals surface area contributed by atoms with Crippen molar-refractivity contribution in [3.05, 3.63) is 29.3 Å². The average molecular weight is 273 g/mol. The Balaban J connectivity index is 1.65. The molecule has 0 bridgehead atoms. The van der Waals surface area contributed by atoms with E-state index in [4.69, 9.17) is 4.74 Å². The number of hydrogen-bond acceptors (Lipinski definition) is 3. The van der Waals surface area contributed by atoms with Gasteiger partial charge in [-0.2, -0.15) is 0 Å². The molecule has 108 valence electrons. The third-order valence-electron chi connectivity index (χ3n) is 4.52. The van der Waals surface area contributed by atoms with Crippen molar-refractivity contribution in [1.82, 2.24) is 0 Å². The fourth-order valence-electron chi connectivity index (χ4n) is 3.17. The number of ether oxygens (including phenoxy) is 1. The van der Waals surface area contributed by atoms with E-state index in [2.05, 4.69) is 12.2 Å². The van der Waals surface area contributed by atoms with Crippen molar-refractivity contribution in [1.29, 1.82) is 0 Å². The quantitative estimate of drug-likeness (QED) is 0.833. The first kappa shape index (κ1) is 13.5. The Morgan fingerprint density at radius 2 is 2.05 bits per heavy atom. The van der Waals surface area contributed by atoms with Gasteiger partial charge in [-0.05, 0) is 68.2 Å². The number of carbonyl (C=O) groups excluding carboxylic acids is 1. The second-order valence-corrected chi connectivity index (χ2v) is 6.19. The lowest BCUT2D eigenvalue weighted by Crippen LogP contribution is -2.24. The van der Waals surface area contributed by atoms with E-state index < -0.39 is 0 Å². The van der Waals surface area contributed by atoms with Crippen molar-refractivity contribution in [2.24, 2.45) is 5.92 Å². The summed E-state index contributed by atoms with van der Waals surface area (Å²) >= 11 is 0. The first-order valence-electron chi connectivity index (χ1n) is 7.80. The first-order chi connectivity index (χ1) is 9.72. The average Bonchev–Trinajstić information content (AvgIpc) is 2.49. The van der Waals surface area contributed by atoms with Gasteiger partial charge in [-0.25, -0.2) is 4.79 Å². The van der Waals surface area contributed by atoms with Crippen molar-refractivity contribution in [3.8, 4) is 0 Å². The smallest absolute Gasteiger partial charge is 0.338 e. The highest BCUT2D eigenvalue weighted by Crippen LogP contribution is 2.27. The second-order valence-electron chi connectivity index (χ2n) is 6.19. The van der Waals surface area contributed by atoms with Crippen LogP contribution in [0.15, 0.2) is 18.2 Å². The fraction of sp³-hybridized carbons (Fsp3) is 0.588. The molecule has 1 aromatic rings. The molecule has 3 nitrogen and oxygen atoms in total. The molecule has 1 fully saturated rings. The van der Waals surface area contributed by atoms with E-state index in [1.54, 1.807) is 0 Å². The van der Waals surface area contributed by atoms with Crippen LogP contribution < -0.4 is 5.32 Å². The van der Waals surface area contributed by atoms with Gasteiger partial charge in [-0.1, -0.05) is 6.92 Å². The van der Waals surface area contributed by atoms with Crippen LogP contribution >= 0.6 is 0 Å². The van der Waals surface area contributed by atoms with Gasteiger partial charge in [-0.3, -0.25) is 0 Å². The Morgan fingerprint density at radius 3 is 2.85 bits per heavy atom. The van der Waals surface area contributed by atoms with Crippen molar-refractivity contribution in [3.63, 3.8) is 0 Å². The van der Waals surface area contributed by atoms with Crippen molar-refractivity contribution >= 4 is 11.7 Å². The van der Waals surface area contributed by atoms with Gasteiger partial charge in [-0.15, -0.1) is 0 Å². The summed E-state index contributed by atoms with van der Waals surface area (Å²) < 4.78 is 5.66. The Bertz CT molecular complexity index is 490. The normalized spacial score (nSPS) is 25.4. The summed E-state index contributed by atoms with van der Waals surface area (Å²) in [7, 11) is 0. The molecule has 3 rings (SSSR count). The van der Waals surface area contributed by atoms with Crippen LogP contribution in [0.1, 0.15) is 54.9 Å². The first-order valence-corrected chi connectivity index (χ1v) is 7.80. The molecule has 0 radical (unpaired) electrons. The molecule has 0 unspecified atom stereocenters. The molecule has 0 amide bonds. The van der Waals surface area contributed by atoms with Gasteiger partial charge in [0.25, 0.3) is 0 Å². The number of rotatable bonds is 2. The molecule has 1 heterocycles. The summed E-state index contributed by atoms with van der Waals surface area (Å²) in [6.45, 7) is 3.30. The molecule has 0 saturated heterocycles. The third-order valence-corrected chi connectivity index (χ3v) is 4.52. The van der Waals surface area contributed by atoms with Gasteiger partial charge in [0, 0.05) is 12.2 Å². The summed E-state index contributed by atoms with van der Waals surface area (Å²) in [6, 6.07) is 5.88. The predicted molar refractivity (Wildman–Crippen MR) is 80.1 cm³/mol. The van der Waals surface area contributed by atoms with E-state index in [-0.39, 0.29) is 12.1 Å². The Labute approximate surface area is 120 Å². The zero-order valence-electron chi connectivity index (χ0n) is 12.2. The van der Waals surface area contributed by atoms with Crippen LogP contribution in [0, 0.1) is 5.92 Å². The molecule has 1 aliphatic carbocycles. The Morgan fingerprint density at radius 1 is 1.25 bits per heavy atom. The largest absolute Gasteiger partial charge is 0.459 e. The highest BCUT2D eigenvalue weighted by atomic mass is 16.5. The highest BCUT2D eigenvalue weighted by Gasteiger charge is 2.22. The van der Waals surface area contributed by atoms with Crippen LogP contribution in [0.3, 0.4) is 0 Å². The number of nitrogens with one attached hydrogen (secondary N) is 1. The van der Waals surface area contributed by atoms with E-state index in [9.17, 15) is 4.79 Å². The van der Waals surface area contributed by atoms with Gasteiger partial charge >= 0.3 is 5.97 Å². The number of fused-ring (bicyclic) bond motifs is 1. The number of hydrogen-bond donors (Lipinski definition) is 1. The van der Waals surface area contributed by atoms with E-state index in [0.717, 1.165) is 38.1 Å². The zero-order valence-corrected chi connectivity index (χ0v) is 12.2. The van der Waals surface area contributed by atoms with E-state index >= 15 is 0 Å². The molecule has 1 aromatic carbocycles. The molecule has 0 aromatic heterocycles. The van der Waals surface area contributed by atoms with Gasteiger partial charge in [0.05, 0.1) is 5.56 Å². The van der Waals surface area contributed by atoms with Crippen LogP contribution in [-0.4, -0.2) is 18.6 Å². The molecule has 3 heteroatoms. The fourth-order valence-corrected chi connectivity index (χ4v) is 3.17.